The first-order valence-corrected chi connectivity index (χ1v) is 4.97. The summed E-state index contributed by atoms with van der Waals surface area (Å²) in [6, 6.07) is 2.74. The van der Waals surface area contributed by atoms with Crippen LogP contribution in [0.4, 0.5) is 10.5 Å². The van der Waals surface area contributed by atoms with E-state index in [1.165, 1.54) is 18.3 Å². The molecule has 0 unspecified atom stereocenters. The van der Waals surface area contributed by atoms with E-state index in [4.69, 9.17) is 9.84 Å². The van der Waals surface area contributed by atoms with E-state index in [9.17, 15) is 9.59 Å². The highest BCUT2D eigenvalue weighted by atomic mass is 16.6. The van der Waals surface area contributed by atoms with E-state index in [-0.39, 0.29) is 5.69 Å². The Morgan fingerprint density at radius 2 is 2.06 bits per heavy atom. The van der Waals surface area contributed by atoms with E-state index in [0.29, 0.717) is 5.69 Å². The van der Waals surface area contributed by atoms with Gasteiger partial charge in [0, 0.05) is 11.9 Å². The summed E-state index contributed by atoms with van der Waals surface area (Å²) in [5.74, 6) is -1.15. The first-order valence-electron chi connectivity index (χ1n) is 4.97. The van der Waals surface area contributed by atoms with Gasteiger partial charge in [0.1, 0.15) is 11.3 Å². The molecule has 0 atom stereocenters. The topological polar surface area (TPSA) is 88.5 Å². The standard InChI is InChI=1S/C11H14N2O4/c1-11(2,3)17-10(16)13-7-4-5-12-8(6-7)9(14)15/h4-6H,1-3H3,(H,14,15)(H,12,13,16). The molecule has 6 heteroatoms. The van der Waals surface area contributed by atoms with Crippen molar-refractivity contribution in [2.24, 2.45) is 0 Å². The van der Waals surface area contributed by atoms with Gasteiger partial charge in [0.15, 0.2) is 0 Å². The van der Waals surface area contributed by atoms with Gasteiger partial charge >= 0.3 is 12.1 Å². The third kappa shape index (κ3) is 4.50. The molecule has 17 heavy (non-hydrogen) atoms. The Hall–Kier alpha value is -2.11. The number of amides is 1. The van der Waals surface area contributed by atoms with Gasteiger partial charge < -0.3 is 9.84 Å². The molecule has 0 radical (unpaired) electrons. The van der Waals surface area contributed by atoms with Crippen molar-refractivity contribution in [3.8, 4) is 0 Å². The fourth-order valence-electron chi connectivity index (χ4n) is 1.05. The lowest BCUT2D eigenvalue weighted by atomic mass is 10.2. The molecule has 1 rings (SSSR count). The molecule has 0 spiro atoms. The van der Waals surface area contributed by atoms with Crippen molar-refractivity contribution in [2.45, 2.75) is 26.4 Å². The lowest BCUT2D eigenvalue weighted by Crippen LogP contribution is -2.27. The van der Waals surface area contributed by atoms with E-state index in [1.54, 1.807) is 20.8 Å². The van der Waals surface area contributed by atoms with Crippen LogP contribution in [0.5, 0.6) is 0 Å². The number of carboxylic acids is 1. The summed E-state index contributed by atoms with van der Waals surface area (Å²) >= 11 is 0. The Balaban J connectivity index is 2.72. The van der Waals surface area contributed by atoms with Gasteiger partial charge in [-0.25, -0.2) is 14.6 Å². The maximum absolute atomic E-state index is 11.4. The Bertz CT molecular complexity index is 437. The predicted molar refractivity (Wildman–Crippen MR) is 61.1 cm³/mol. The summed E-state index contributed by atoms with van der Waals surface area (Å²) < 4.78 is 5.02. The molecule has 0 saturated heterocycles. The minimum Gasteiger partial charge on any atom is -0.477 e. The third-order valence-electron chi connectivity index (χ3n) is 1.62. The molecule has 0 aliphatic carbocycles. The molecule has 2 N–H and O–H groups in total. The van der Waals surface area contributed by atoms with Crippen molar-refractivity contribution in [1.29, 1.82) is 0 Å². The molecular formula is C11H14N2O4. The molecule has 1 aromatic rings. The van der Waals surface area contributed by atoms with Crippen LogP contribution in [-0.4, -0.2) is 27.8 Å². The summed E-state index contributed by atoms with van der Waals surface area (Å²) in [7, 11) is 0. The van der Waals surface area contributed by atoms with Gasteiger partial charge in [-0.1, -0.05) is 0 Å². The normalized spacial score (nSPS) is 10.8. The van der Waals surface area contributed by atoms with Crippen LogP contribution >= 0.6 is 0 Å². The number of hydrogen-bond acceptors (Lipinski definition) is 4. The summed E-state index contributed by atoms with van der Waals surface area (Å²) in [6.07, 6.45) is 0.663. The highest BCUT2D eigenvalue weighted by Gasteiger charge is 2.16. The summed E-state index contributed by atoms with van der Waals surface area (Å²) in [4.78, 5) is 25.7. The van der Waals surface area contributed by atoms with Crippen LogP contribution in [0.2, 0.25) is 0 Å². The molecular weight excluding hydrogens is 224 g/mol. The number of carboxylic acid groups (broad SMARTS) is 1. The van der Waals surface area contributed by atoms with Gasteiger partial charge in [-0.15, -0.1) is 0 Å². The number of aromatic nitrogens is 1. The number of carbonyl (C=O) groups is 2. The molecule has 1 aromatic heterocycles. The van der Waals surface area contributed by atoms with E-state index in [1.807, 2.05) is 0 Å². The summed E-state index contributed by atoms with van der Waals surface area (Å²) in [5, 5.41) is 11.2. The highest BCUT2D eigenvalue weighted by molar-refractivity contribution is 5.89. The van der Waals surface area contributed by atoms with Crippen LogP contribution in [0.3, 0.4) is 0 Å². The molecule has 1 heterocycles. The summed E-state index contributed by atoms with van der Waals surface area (Å²) in [6.45, 7) is 5.21. The Kier molecular flexibility index (Phi) is 3.67. The second-order valence-electron chi connectivity index (χ2n) is 4.36. The minimum atomic E-state index is -1.15. The van der Waals surface area contributed by atoms with Crippen LogP contribution in [0.25, 0.3) is 0 Å². The molecule has 0 saturated carbocycles. The first kappa shape index (κ1) is 13.0. The predicted octanol–water partition coefficient (Wildman–Crippen LogP) is 2.13. The fraction of sp³-hybridized carbons (Fsp3) is 0.364. The average molecular weight is 238 g/mol. The van der Waals surface area contributed by atoms with Crippen molar-refractivity contribution in [3.05, 3.63) is 24.0 Å². The number of carbonyl (C=O) groups excluding carboxylic acids is 1. The number of nitrogens with one attached hydrogen (secondary N) is 1. The molecule has 0 aliphatic rings. The van der Waals surface area contributed by atoms with Crippen molar-refractivity contribution >= 4 is 17.7 Å². The Morgan fingerprint density at radius 3 is 2.59 bits per heavy atom. The van der Waals surface area contributed by atoms with Gasteiger partial charge in [0.2, 0.25) is 0 Å². The van der Waals surface area contributed by atoms with Gasteiger partial charge in [0.25, 0.3) is 0 Å². The molecule has 0 bridgehead atoms. The minimum absolute atomic E-state index is 0.140. The molecule has 6 nitrogen and oxygen atoms in total. The molecule has 0 aliphatic heterocycles. The second-order valence-corrected chi connectivity index (χ2v) is 4.36. The third-order valence-corrected chi connectivity index (χ3v) is 1.62. The summed E-state index contributed by atoms with van der Waals surface area (Å²) in [5.41, 5.74) is -0.419. The van der Waals surface area contributed by atoms with E-state index in [2.05, 4.69) is 10.3 Å². The Morgan fingerprint density at radius 1 is 1.41 bits per heavy atom. The number of hydrogen-bond donors (Lipinski definition) is 2. The Labute approximate surface area is 98.6 Å². The van der Waals surface area contributed by atoms with Crippen LogP contribution in [0.1, 0.15) is 31.3 Å². The molecule has 92 valence electrons. The number of rotatable bonds is 2. The maximum atomic E-state index is 11.4. The van der Waals surface area contributed by atoms with Crippen LogP contribution in [-0.2, 0) is 4.74 Å². The zero-order valence-electron chi connectivity index (χ0n) is 9.85. The molecule has 0 fully saturated rings. The van der Waals surface area contributed by atoms with E-state index in [0.717, 1.165) is 0 Å². The van der Waals surface area contributed by atoms with E-state index >= 15 is 0 Å². The van der Waals surface area contributed by atoms with Gasteiger partial charge in [-0.3, -0.25) is 5.32 Å². The SMILES string of the molecule is CC(C)(C)OC(=O)Nc1ccnc(C(=O)O)c1. The lowest BCUT2D eigenvalue weighted by Gasteiger charge is -2.19. The monoisotopic (exact) mass is 238 g/mol. The smallest absolute Gasteiger partial charge is 0.412 e. The average Bonchev–Trinajstić information content (AvgIpc) is 2.14. The lowest BCUT2D eigenvalue weighted by molar-refractivity contribution is 0.0632. The van der Waals surface area contributed by atoms with Crippen LogP contribution in [0.15, 0.2) is 18.3 Å². The number of anilines is 1. The van der Waals surface area contributed by atoms with Crippen molar-refractivity contribution in [1.82, 2.24) is 4.98 Å². The fourth-order valence-corrected chi connectivity index (χ4v) is 1.05. The van der Waals surface area contributed by atoms with Gasteiger partial charge in [-0.05, 0) is 32.9 Å². The van der Waals surface area contributed by atoms with E-state index < -0.39 is 17.7 Å². The highest BCUT2D eigenvalue weighted by Crippen LogP contribution is 2.12. The van der Waals surface area contributed by atoms with Crippen LogP contribution in [0, 0.1) is 0 Å². The van der Waals surface area contributed by atoms with Gasteiger partial charge in [0.05, 0.1) is 0 Å². The molecule has 1 amide bonds. The quantitative estimate of drug-likeness (QED) is 0.823. The second kappa shape index (κ2) is 4.82. The first-order chi connectivity index (χ1) is 7.78. The zero-order chi connectivity index (χ0) is 13.1. The molecule has 0 aromatic carbocycles. The van der Waals surface area contributed by atoms with Crippen molar-refractivity contribution in [2.75, 3.05) is 5.32 Å². The maximum Gasteiger partial charge on any atom is 0.412 e. The number of ether oxygens (including phenoxy) is 1. The largest absolute Gasteiger partial charge is 0.477 e. The number of pyridine rings is 1. The zero-order valence-corrected chi connectivity index (χ0v) is 9.85. The van der Waals surface area contributed by atoms with Gasteiger partial charge in [-0.2, -0.15) is 0 Å². The number of nitrogens with zero attached hydrogens (tertiary/aromatic N) is 1. The van der Waals surface area contributed by atoms with Crippen molar-refractivity contribution in [3.63, 3.8) is 0 Å². The number of aromatic carboxylic acids is 1. The van der Waals surface area contributed by atoms with Crippen molar-refractivity contribution < 1.29 is 19.4 Å². The van der Waals surface area contributed by atoms with Crippen LogP contribution < -0.4 is 5.32 Å².